The number of hydrogen-bond acceptors (Lipinski definition) is 4. The van der Waals surface area contributed by atoms with Crippen molar-refractivity contribution < 1.29 is 16.8 Å². The molecule has 21 heavy (non-hydrogen) atoms. The number of rotatable bonds is 7. The van der Waals surface area contributed by atoms with Gasteiger partial charge in [-0.2, -0.15) is 29.8 Å². The Morgan fingerprint density at radius 2 is 1.38 bits per heavy atom. The lowest BCUT2D eigenvalue weighted by Gasteiger charge is -2.28. The number of nitrogens with two attached hydrogens (primary N) is 1. The molecular weight excluding hydrogens is 316 g/mol. The number of hydrogen-bond donors (Lipinski definition) is 1. The van der Waals surface area contributed by atoms with Gasteiger partial charge in [-0.1, -0.05) is 13.8 Å². The van der Waals surface area contributed by atoms with Crippen LogP contribution >= 0.6 is 0 Å². The van der Waals surface area contributed by atoms with Gasteiger partial charge in [-0.3, -0.25) is 0 Å². The summed E-state index contributed by atoms with van der Waals surface area (Å²) in [6.07, 6.45) is 1.94. The average molecular weight is 342 g/mol. The Morgan fingerprint density at radius 3 is 1.86 bits per heavy atom. The van der Waals surface area contributed by atoms with Gasteiger partial charge in [-0.25, -0.2) is 5.14 Å². The first-order valence-corrected chi connectivity index (χ1v) is 10.2. The molecule has 0 atom stereocenters. The highest BCUT2D eigenvalue weighted by atomic mass is 32.2. The lowest BCUT2D eigenvalue weighted by Crippen LogP contribution is -2.46. The second-order valence-corrected chi connectivity index (χ2v) is 8.58. The van der Waals surface area contributed by atoms with Crippen molar-refractivity contribution in [2.45, 2.75) is 33.1 Å². The van der Waals surface area contributed by atoms with Crippen LogP contribution in [0.25, 0.3) is 0 Å². The topological polar surface area (TPSA) is 104 Å². The third kappa shape index (κ3) is 5.15. The van der Waals surface area contributed by atoms with Crippen molar-refractivity contribution in [1.82, 2.24) is 12.9 Å². The SMILES string of the molecule is CCCN(CCC)S(=O)(=O)N1CCCN(S(N)(=O)=O)CC1. The van der Waals surface area contributed by atoms with Crippen LogP contribution in [0.15, 0.2) is 0 Å². The summed E-state index contributed by atoms with van der Waals surface area (Å²) >= 11 is 0. The van der Waals surface area contributed by atoms with Gasteiger partial charge >= 0.3 is 0 Å². The molecule has 0 aliphatic carbocycles. The van der Waals surface area contributed by atoms with Crippen molar-refractivity contribution in [3.8, 4) is 0 Å². The van der Waals surface area contributed by atoms with Gasteiger partial charge in [0, 0.05) is 39.3 Å². The summed E-state index contributed by atoms with van der Waals surface area (Å²) in [4.78, 5) is 0. The molecule has 2 N–H and O–H groups in total. The first-order chi connectivity index (χ1) is 9.73. The minimum Gasteiger partial charge on any atom is -0.216 e. The largest absolute Gasteiger partial charge is 0.282 e. The molecule has 0 bridgehead atoms. The molecule has 126 valence electrons. The maximum atomic E-state index is 12.6. The van der Waals surface area contributed by atoms with Crippen molar-refractivity contribution in [2.24, 2.45) is 5.14 Å². The molecule has 0 aromatic rings. The van der Waals surface area contributed by atoms with Crippen molar-refractivity contribution in [2.75, 3.05) is 39.3 Å². The van der Waals surface area contributed by atoms with Gasteiger partial charge in [0.15, 0.2) is 0 Å². The molecule has 0 radical (unpaired) electrons. The lowest BCUT2D eigenvalue weighted by atomic mass is 10.4. The molecule has 1 rings (SSSR count). The van der Waals surface area contributed by atoms with Crippen molar-refractivity contribution in [1.29, 1.82) is 0 Å². The Labute approximate surface area is 128 Å². The molecule has 0 spiro atoms. The fourth-order valence-corrected chi connectivity index (χ4v) is 4.91. The van der Waals surface area contributed by atoms with Gasteiger partial charge < -0.3 is 0 Å². The Morgan fingerprint density at radius 1 is 0.905 bits per heavy atom. The third-order valence-electron chi connectivity index (χ3n) is 3.37. The Hall–Kier alpha value is -0.260. The molecule has 0 aromatic carbocycles. The molecule has 1 aliphatic heterocycles. The van der Waals surface area contributed by atoms with Gasteiger partial charge in [0.05, 0.1) is 0 Å². The summed E-state index contributed by atoms with van der Waals surface area (Å²) in [5.74, 6) is 0. The van der Waals surface area contributed by atoms with Crippen LogP contribution in [0.3, 0.4) is 0 Å². The van der Waals surface area contributed by atoms with Gasteiger partial charge in [0.25, 0.3) is 20.4 Å². The van der Waals surface area contributed by atoms with Gasteiger partial charge in [-0.05, 0) is 19.3 Å². The highest BCUT2D eigenvalue weighted by Gasteiger charge is 2.31. The maximum absolute atomic E-state index is 12.6. The molecular formula is C11H26N4O4S2. The van der Waals surface area contributed by atoms with E-state index in [0.717, 1.165) is 17.1 Å². The summed E-state index contributed by atoms with van der Waals surface area (Å²) in [5.41, 5.74) is 0. The second-order valence-electron chi connectivity index (χ2n) is 5.10. The quantitative estimate of drug-likeness (QED) is 0.677. The van der Waals surface area contributed by atoms with Gasteiger partial charge in [0.1, 0.15) is 0 Å². The predicted octanol–water partition coefficient (Wildman–Crippen LogP) is -0.436. The monoisotopic (exact) mass is 342 g/mol. The molecule has 0 aromatic heterocycles. The Kier molecular flexibility index (Phi) is 7.01. The first-order valence-electron chi connectivity index (χ1n) is 7.26. The molecule has 10 heteroatoms. The molecule has 1 heterocycles. The smallest absolute Gasteiger partial charge is 0.216 e. The van der Waals surface area contributed by atoms with Crippen LogP contribution < -0.4 is 5.14 Å². The fraction of sp³-hybridized carbons (Fsp3) is 1.00. The summed E-state index contributed by atoms with van der Waals surface area (Å²) in [6.45, 7) is 5.64. The predicted molar refractivity (Wildman–Crippen MR) is 81.9 cm³/mol. The summed E-state index contributed by atoms with van der Waals surface area (Å²) in [6, 6.07) is 0. The van der Waals surface area contributed by atoms with Crippen LogP contribution in [-0.2, 0) is 20.4 Å². The van der Waals surface area contributed by atoms with Crippen LogP contribution in [0, 0.1) is 0 Å². The third-order valence-corrected chi connectivity index (χ3v) is 6.49. The van der Waals surface area contributed by atoms with E-state index in [0.29, 0.717) is 26.1 Å². The summed E-state index contributed by atoms with van der Waals surface area (Å²) < 4.78 is 51.9. The molecule has 1 fully saturated rings. The van der Waals surface area contributed by atoms with Crippen molar-refractivity contribution in [3.05, 3.63) is 0 Å². The van der Waals surface area contributed by atoms with Crippen LogP contribution in [0.1, 0.15) is 33.1 Å². The molecule has 0 saturated carbocycles. The van der Waals surface area contributed by atoms with E-state index in [4.69, 9.17) is 5.14 Å². The molecule has 1 aliphatic rings. The van der Waals surface area contributed by atoms with E-state index >= 15 is 0 Å². The van der Waals surface area contributed by atoms with Gasteiger partial charge in [-0.15, -0.1) is 0 Å². The zero-order chi connectivity index (χ0) is 16.1. The van der Waals surface area contributed by atoms with E-state index in [1.165, 1.54) is 8.61 Å². The zero-order valence-corrected chi connectivity index (χ0v) is 14.4. The van der Waals surface area contributed by atoms with E-state index in [2.05, 4.69) is 0 Å². The second kappa shape index (κ2) is 7.84. The van der Waals surface area contributed by atoms with Crippen LogP contribution in [0.4, 0.5) is 0 Å². The Bertz CT molecular complexity index is 514. The summed E-state index contributed by atoms with van der Waals surface area (Å²) in [7, 11) is -7.30. The van der Waals surface area contributed by atoms with Crippen LogP contribution in [-0.4, -0.2) is 69.0 Å². The van der Waals surface area contributed by atoms with Gasteiger partial charge in [0.2, 0.25) is 0 Å². The molecule has 1 saturated heterocycles. The van der Waals surface area contributed by atoms with E-state index in [9.17, 15) is 16.8 Å². The van der Waals surface area contributed by atoms with E-state index < -0.39 is 20.4 Å². The zero-order valence-electron chi connectivity index (χ0n) is 12.7. The standard InChI is InChI=1S/C11H26N4O4S2/c1-3-6-14(7-4-2)21(18,19)15-9-5-8-13(10-11-15)20(12,16)17/h3-11H2,1-2H3,(H2,12,16,17). The summed E-state index contributed by atoms with van der Waals surface area (Å²) in [5, 5.41) is 5.11. The number of nitrogens with zero attached hydrogens (tertiary/aromatic N) is 3. The highest BCUT2D eigenvalue weighted by Crippen LogP contribution is 2.14. The minimum atomic E-state index is -3.76. The van der Waals surface area contributed by atoms with Crippen LogP contribution in [0.2, 0.25) is 0 Å². The highest BCUT2D eigenvalue weighted by molar-refractivity contribution is 7.87. The average Bonchev–Trinajstić information content (AvgIpc) is 2.64. The van der Waals surface area contributed by atoms with Crippen molar-refractivity contribution >= 4 is 20.4 Å². The fourth-order valence-electron chi connectivity index (χ4n) is 2.36. The maximum Gasteiger partial charge on any atom is 0.282 e. The molecule has 0 unspecified atom stereocenters. The normalized spacial score (nSPS) is 19.8. The minimum absolute atomic E-state index is 0.101. The first kappa shape index (κ1) is 18.8. The Balaban J connectivity index is 2.84. The molecule has 8 nitrogen and oxygen atoms in total. The lowest BCUT2D eigenvalue weighted by molar-refractivity contribution is 0.338. The van der Waals surface area contributed by atoms with E-state index in [-0.39, 0.29) is 19.6 Å². The van der Waals surface area contributed by atoms with Crippen molar-refractivity contribution in [3.63, 3.8) is 0 Å². The molecule has 0 amide bonds. The van der Waals surface area contributed by atoms with E-state index in [1.807, 2.05) is 13.8 Å². The van der Waals surface area contributed by atoms with E-state index in [1.54, 1.807) is 0 Å². The van der Waals surface area contributed by atoms with Crippen LogP contribution in [0.5, 0.6) is 0 Å².